The molecule has 0 saturated carbocycles. The van der Waals surface area contributed by atoms with Gasteiger partial charge in [-0.15, -0.1) is 0 Å². The zero-order valence-corrected chi connectivity index (χ0v) is 10.4. The molecule has 0 aliphatic carbocycles. The average molecular weight is 256 g/mol. The van der Waals surface area contributed by atoms with E-state index < -0.39 is 10.0 Å². The van der Waals surface area contributed by atoms with Gasteiger partial charge in [0, 0.05) is 12.3 Å². The molecule has 1 aromatic carbocycles. The number of rotatable bonds is 5. The van der Waals surface area contributed by atoms with Crippen LogP contribution in [0.3, 0.4) is 0 Å². The van der Waals surface area contributed by atoms with Crippen molar-refractivity contribution in [2.24, 2.45) is 0 Å². The number of hydrogen-bond acceptors (Lipinski definition) is 4. The first-order valence-electron chi connectivity index (χ1n) is 4.63. The zero-order chi connectivity index (χ0) is 12.0. The van der Waals surface area contributed by atoms with Crippen LogP contribution in [0.2, 0.25) is 0 Å². The molecule has 86 valence electrons. The Morgan fingerprint density at radius 3 is 2.56 bits per heavy atom. The minimum absolute atomic E-state index is 0.250. The lowest BCUT2D eigenvalue weighted by Crippen LogP contribution is -2.25. The lowest BCUT2D eigenvalue weighted by atomic mass is 10.2. The third-order valence-electron chi connectivity index (χ3n) is 1.89. The topological polar surface area (TPSA) is 70.0 Å². The molecule has 1 aromatic rings. The van der Waals surface area contributed by atoms with Crippen LogP contribution in [0, 0.1) is 17.6 Å². The van der Waals surface area contributed by atoms with Gasteiger partial charge < -0.3 is 0 Å². The maximum absolute atomic E-state index is 11.7. The van der Waals surface area contributed by atoms with Crippen molar-refractivity contribution >= 4 is 21.8 Å². The Hall–Kier alpha value is -1.03. The average Bonchev–Trinajstić information content (AvgIpc) is 2.25. The highest BCUT2D eigenvalue weighted by molar-refractivity contribution is 8.03. The predicted molar refractivity (Wildman–Crippen MR) is 64.4 cm³/mol. The second kappa shape index (κ2) is 5.89. The van der Waals surface area contributed by atoms with Crippen molar-refractivity contribution in [2.75, 3.05) is 12.3 Å². The van der Waals surface area contributed by atoms with E-state index in [1.807, 2.05) is 12.3 Å². The molecule has 0 spiro atoms. The predicted octanol–water partition coefficient (Wildman–Crippen LogP) is 1.49. The van der Waals surface area contributed by atoms with Gasteiger partial charge in [-0.2, -0.15) is 5.26 Å². The Balaban J connectivity index is 2.64. The van der Waals surface area contributed by atoms with Gasteiger partial charge in [0.1, 0.15) is 5.40 Å². The molecule has 6 heteroatoms. The number of benzene rings is 1. The van der Waals surface area contributed by atoms with Crippen LogP contribution in [0.15, 0.2) is 29.2 Å². The summed E-state index contributed by atoms with van der Waals surface area (Å²) < 4.78 is 25.8. The van der Waals surface area contributed by atoms with E-state index in [1.54, 1.807) is 24.3 Å². The Labute approximate surface area is 99.7 Å². The zero-order valence-electron chi connectivity index (χ0n) is 8.80. The van der Waals surface area contributed by atoms with Gasteiger partial charge in [-0.05, 0) is 30.8 Å². The first-order valence-corrected chi connectivity index (χ1v) is 7.10. The largest absolute Gasteiger partial charge is 0.240 e. The molecule has 0 aromatic heterocycles. The second-order valence-electron chi connectivity index (χ2n) is 3.15. The molecule has 1 rings (SSSR count). The lowest BCUT2D eigenvalue weighted by molar-refractivity contribution is 0.584. The number of nitriles is 1. The highest BCUT2D eigenvalue weighted by atomic mass is 32.2. The molecule has 0 saturated heterocycles. The van der Waals surface area contributed by atoms with Crippen molar-refractivity contribution < 1.29 is 8.42 Å². The van der Waals surface area contributed by atoms with E-state index in [9.17, 15) is 8.42 Å². The number of aryl methyl sites for hydroxylation is 1. The maximum Gasteiger partial charge on any atom is 0.240 e. The molecule has 0 radical (unpaired) electrons. The molecule has 4 nitrogen and oxygen atoms in total. The standard InChI is InChI=1S/C10H12N2O2S2/c1-9-2-4-10(5-3-9)16(13,14)12-6-7-15-8-11/h2-5,12H,6-7H2,1H3. The van der Waals surface area contributed by atoms with Gasteiger partial charge >= 0.3 is 0 Å². The number of hydrogen-bond donors (Lipinski definition) is 1. The quantitative estimate of drug-likeness (QED) is 0.640. The number of thiocyanates is 1. The highest BCUT2D eigenvalue weighted by Gasteiger charge is 2.12. The van der Waals surface area contributed by atoms with E-state index in [1.165, 1.54) is 0 Å². The van der Waals surface area contributed by atoms with Crippen LogP contribution in [0.4, 0.5) is 0 Å². The minimum atomic E-state index is -3.43. The molecule has 0 amide bonds. The SMILES string of the molecule is Cc1ccc(S(=O)(=O)NCCSC#N)cc1. The Bertz CT molecular complexity index is 475. The molecular weight excluding hydrogens is 244 g/mol. The van der Waals surface area contributed by atoms with Crippen molar-refractivity contribution in [2.45, 2.75) is 11.8 Å². The summed E-state index contributed by atoms with van der Waals surface area (Å²) in [5, 5.41) is 10.2. The molecule has 1 N–H and O–H groups in total. The van der Waals surface area contributed by atoms with Crippen LogP contribution in [-0.2, 0) is 10.0 Å². The summed E-state index contributed by atoms with van der Waals surface area (Å²) >= 11 is 1.03. The molecular formula is C10H12N2O2S2. The van der Waals surface area contributed by atoms with Gasteiger partial charge in [-0.1, -0.05) is 17.7 Å². The van der Waals surface area contributed by atoms with Crippen LogP contribution in [-0.4, -0.2) is 20.7 Å². The normalized spacial score (nSPS) is 11.0. The maximum atomic E-state index is 11.7. The number of sulfonamides is 1. The van der Waals surface area contributed by atoms with E-state index in [0.29, 0.717) is 5.75 Å². The molecule has 0 heterocycles. The molecule has 0 aliphatic rings. The van der Waals surface area contributed by atoms with Crippen molar-refractivity contribution in [1.29, 1.82) is 5.26 Å². The summed E-state index contributed by atoms with van der Waals surface area (Å²) in [4.78, 5) is 0.250. The van der Waals surface area contributed by atoms with Gasteiger partial charge in [-0.25, -0.2) is 13.1 Å². The smallest absolute Gasteiger partial charge is 0.210 e. The second-order valence-corrected chi connectivity index (χ2v) is 5.80. The lowest BCUT2D eigenvalue weighted by Gasteiger charge is -2.05. The van der Waals surface area contributed by atoms with E-state index in [4.69, 9.17) is 5.26 Å². The number of nitrogens with zero attached hydrogens (tertiary/aromatic N) is 1. The molecule has 0 bridgehead atoms. The van der Waals surface area contributed by atoms with Crippen LogP contribution in [0.5, 0.6) is 0 Å². The molecule has 0 fully saturated rings. The van der Waals surface area contributed by atoms with Gasteiger partial charge in [-0.3, -0.25) is 0 Å². The fourth-order valence-corrected chi connectivity index (χ4v) is 2.53. The van der Waals surface area contributed by atoms with Crippen LogP contribution >= 0.6 is 11.8 Å². The summed E-state index contributed by atoms with van der Waals surface area (Å²) in [5.74, 6) is 0.446. The summed E-state index contributed by atoms with van der Waals surface area (Å²) in [6.07, 6.45) is 0. The first kappa shape index (κ1) is 13.0. The van der Waals surface area contributed by atoms with Crippen LogP contribution in [0.25, 0.3) is 0 Å². The van der Waals surface area contributed by atoms with E-state index in [0.717, 1.165) is 17.3 Å². The fourth-order valence-electron chi connectivity index (χ4n) is 1.07. The summed E-state index contributed by atoms with van der Waals surface area (Å²) in [5.41, 5.74) is 1.01. The highest BCUT2D eigenvalue weighted by Crippen LogP contribution is 2.09. The van der Waals surface area contributed by atoms with Crippen LogP contribution < -0.4 is 4.72 Å². The van der Waals surface area contributed by atoms with Gasteiger partial charge in [0.05, 0.1) is 4.90 Å². The summed E-state index contributed by atoms with van der Waals surface area (Å²) in [7, 11) is -3.43. The molecule has 0 atom stereocenters. The van der Waals surface area contributed by atoms with Crippen molar-refractivity contribution in [3.63, 3.8) is 0 Å². The number of nitrogens with one attached hydrogen (secondary N) is 1. The first-order chi connectivity index (χ1) is 7.56. The van der Waals surface area contributed by atoms with Crippen molar-refractivity contribution in [3.05, 3.63) is 29.8 Å². The van der Waals surface area contributed by atoms with Crippen molar-refractivity contribution in [1.82, 2.24) is 4.72 Å². The molecule has 16 heavy (non-hydrogen) atoms. The third kappa shape index (κ3) is 3.85. The van der Waals surface area contributed by atoms with E-state index in [2.05, 4.69) is 4.72 Å². The van der Waals surface area contributed by atoms with Gasteiger partial charge in [0.15, 0.2) is 0 Å². The van der Waals surface area contributed by atoms with Crippen molar-refractivity contribution in [3.8, 4) is 5.40 Å². The Morgan fingerprint density at radius 2 is 2.00 bits per heavy atom. The van der Waals surface area contributed by atoms with Crippen LogP contribution in [0.1, 0.15) is 5.56 Å². The third-order valence-corrected chi connectivity index (χ3v) is 3.91. The van der Waals surface area contributed by atoms with Gasteiger partial charge in [0.25, 0.3) is 0 Å². The minimum Gasteiger partial charge on any atom is -0.210 e. The Kier molecular flexibility index (Phi) is 4.80. The Morgan fingerprint density at radius 1 is 1.38 bits per heavy atom. The van der Waals surface area contributed by atoms with E-state index >= 15 is 0 Å². The fraction of sp³-hybridized carbons (Fsp3) is 0.300. The summed E-state index contributed by atoms with van der Waals surface area (Å²) in [6.45, 7) is 2.15. The molecule has 0 unspecified atom stereocenters. The number of thioether (sulfide) groups is 1. The van der Waals surface area contributed by atoms with Gasteiger partial charge in [0.2, 0.25) is 10.0 Å². The summed E-state index contributed by atoms with van der Waals surface area (Å²) in [6, 6.07) is 6.63. The molecule has 0 aliphatic heterocycles. The van der Waals surface area contributed by atoms with E-state index in [-0.39, 0.29) is 11.4 Å². The monoisotopic (exact) mass is 256 g/mol.